The van der Waals surface area contributed by atoms with Crippen LogP contribution in [0.5, 0.6) is 0 Å². The smallest absolute Gasteiger partial charge is 0.273 e. The average molecular weight is 405 g/mol. The largest absolute Gasteiger partial charge is 0.367 e. The van der Waals surface area contributed by atoms with Gasteiger partial charge in [0.1, 0.15) is 12.2 Å². The van der Waals surface area contributed by atoms with E-state index in [0.29, 0.717) is 31.9 Å². The average Bonchev–Trinajstić information content (AvgIpc) is 3.38. The van der Waals surface area contributed by atoms with E-state index in [0.717, 1.165) is 6.54 Å². The van der Waals surface area contributed by atoms with Gasteiger partial charge in [0.15, 0.2) is 0 Å². The third kappa shape index (κ3) is 3.33. The van der Waals surface area contributed by atoms with Gasteiger partial charge >= 0.3 is 0 Å². The van der Waals surface area contributed by atoms with E-state index in [1.54, 1.807) is 10.9 Å². The molecule has 2 amide bonds. The van der Waals surface area contributed by atoms with Gasteiger partial charge in [0, 0.05) is 49.4 Å². The molecule has 0 spiro atoms. The van der Waals surface area contributed by atoms with Gasteiger partial charge in [0.2, 0.25) is 11.9 Å². The maximum Gasteiger partial charge on any atom is 0.273 e. The topological polar surface area (TPSA) is 126 Å². The Morgan fingerprint density at radius 1 is 1.32 bits per heavy atom. The van der Waals surface area contributed by atoms with Crippen molar-refractivity contribution in [3.8, 4) is 0 Å². The summed E-state index contributed by atoms with van der Waals surface area (Å²) < 4.78 is 1.30. The molecule has 0 bridgehead atoms. The van der Waals surface area contributed by atoms with E-state index in [9.17, 15) is 9.59 Å². The first-order valence-corrected chi connectivity index (χ1v) is 9.94. The van der Waals surface area contributed by atoms with Crippen molar-refractivity contribution in [2.24, 2.45) is 11.3 Å². The number of rotatable bonds is 5. The van der Waals surface area contributed by atoms with Gasteiger partial charge in [-0.2, -0.15) is 0 Å². The van der Waals surface area contributed by atoms with Crippen LogP contribution in [0.4, 0.5) is 5.95 Å². The van der Waals surface area contributed by atoms with Gasteiger partial charge in [0.05, 0.1) is 5.51 Å². The fraction of sp³-hybridized carbons (Fsp3) is 0.625. The molecule has 4 heterocycles. The zero-order valence-electron chi connectivity index (χ0n) is 15.9. The predicted octanol–water partition coefficient (Wildman–Crippen LogP) is -1.13. The van der Waals surface area contributed by atoms with Gasteiger partial charge < -0.3 is 20.4 Å². The van der Waals surface area contributed by atoms with Gasteiger partial charge in [-0.15, -0.1) is 11.3 Å². The Morgan fingerprint density at radius 3 is 2.71 bits per heavy atom. The van der Waals surface area contributed by atoms with Crippen molar-refractivity contribution in [1.29, 1.82) is 0 Å². The number of carbonyl (C=O) groups excluding carboxylic acids is 2. The SMILES string of the molecule is CN(C)C[C@]12CN(C(=O)Cn3nnnc3N)C[C@H]1CN(C(=O)c1cscn1)C2. The molecule has 2 aliphatic rings. The monoisotopic (exact) mass is 405 g/mol. The van der Waals surface area contributed by atoms with Crippen LogP contribution in [-0.4, -0.2) is 98.5 Å². The first kappa shape index (κ1) is 18.7. The summed E-state index contributed by atoms with van der Waals surface area (Å²) in [4.78, 5) is 35.5. The van der Waals surface area contributed by atoms with Crippen molar-refractivity contribution in [2.75, 3.05) is 52.6 Å². The van der Waals surface area contributed by atoms with Crippen LogP contribution >= 0.6 is 11.3 Å². The highest BCUT2D eigenvalue weighted by Gasteiger charge is 2.54. The lowest BCUT2D eigenvalue weighted by atomic mass is 9.80. The van der Waals surface area contributed by atoms with Gasteiger partial charge in [-0.1, -0.05) is 5.10 Å². The van der Waals surface area contributed by atoms with Crippen LogP contribution in [0, 0.1) is 11.3 Å². The van der Waals surface area contributed by atoms with Gasteiger partial charge in [-0.05, 0) is 24.5 Å². The normalized spacial score (nSPS) is 24.2. The molecular formula is C16H23N9O2S. The Hall–Kier alpha value is -2.60. The van der Waals surface area contributed by atoms with Crippen LogP contribution in [0.1, 0.15) is 10.5 Å². The Bertz CT molecular complexity index is 867. The Kier molecular flexibility index (Phi) is 4.75. The van der Waals surface area contributed by atoms with E-state index in [-0.39, 0.29) is 35.6 Å². The van der Waals surface area contributed by atoms with E-state index in [1.807, 2.05) is 23.9 Å². The van der Waals surface area contributed by atoms with Crippen molar-refractivity contribution >= 4 is 29.1 Å². The number of tetrazole rings is 1. The maximum absolute atomic E-state index is 12.8. The minimum Gasteiger partial charge on any atom is -0.367 e. The van der Waals surface area contributed by atoms with Crippen molar-refractivity contribution < 1.29 is 9.59 Å². The second-order valence-corrected chi connectivity index (χ2v) is 8.54. The Morgan fingerprint density at radius 2 is 2.07 bits per heavy atom. The molecule has 11 nitrogen and oxygen atoms in total. The lowest BCUT2D eigenvalue weighted by Gasteiger charge is -2.32. The van der Waals surface area contributed by atoms with Crippen molar-refractivity contribution in [3.05, 3.63) is 16.6 Å². The second kappa shape index (κ2) is 7.09. The maximum atomic E-state index is 12.8. The lowest BCUT2D eigenvalue weighted by molar-refractivity contribution is -0.131. The number of nitrogens with zero attached hydrogens (tertiary/aromatic N) is 8. The molecule has 2 saturated heterocycles. The molecular weight excluding hydrogens is 382 g/mol. The van der Waals surface area contributed by atoms with E-state index < -0.39 is 0 Å². The molecule has 0 saturated carbocycles. The molecule has 0 aliphatic carbocycles. The molecule has 4 rings (SSSR count). The van der Waals surface area contributed by atoms with Gasteiger partial charge in [-0.3, -0.25) is 9.59 Å². The van der Waals surface area contributed by atoms with E-state index in [1.165, 1.54) is 16.0 Å². The second-order valence-electron chi connectivity index (χ2n) is 7.83. The molecule has 2 atom stereocenters. The molecule has 2 aliphatic heterocycles. The van der Waals surface area contributed by atoms with Crippen LogP contribution in [0.3, 0.4) is 0 Å². The number of nitrogen functional groups attached to an aromatic ring is 1. The number of hydrogen-bond acceptors (Lipinski definition) is 9. The number of likely N-dealkylation sites (tertiary alicyclic amines) is 2. The summed E-state index contributed by atoms with van der Waals surface area (Å²) in [6.07, 6.45) is 0. The molecule has 2 fully saturated rings. The van der Waals surface area contributed by atoms with Crippen LogP contribution < -0.4 is 5.73 Å². The third-order valence-corrected chi connectivity index (χ3v) is 6.11. The number of anilines is 1. The number of thiazole rings is 1. The molecule has 0 radical (unpaired) electrons. The van der Waals surface area contributed by atoms with E-state index >= 15 is 0 Å². The molecule has 0 unspecified atom stereocenters. The zero-order chi connectivity index (χ0) is 19.9. The van der Waals surface area contributed by atoms with E-state index in [2.05, 4.69) is 25.4 Å². The fourth-order valence-corrected chi connectivity index (χ4v) is 4.94. The highest BCUT2D eigenvalue weighted by molar-refractivity contribution is 7.07. The molecule has 2 aromatic heterocycles. The van der Waals surface area contributed by atoms with Crippen LogP contribution in [0.25, 0.3) is 0 Å². The third-order valence-electron chi connectivity index (χ3n) is 5.53. The summed E-state index contributed by atoms with van der Waals surface area (Å²) in [5, 5.41) is 12.6. The Labute approximate surface area is 166 Å². The quantitative estimate of drug-likeness (QED) is 0.662. The highest BCUT2D eigenvalue weighted by atomic mass is 32.1. The van der Waals surface area contributed by atoms with Crippen LogP contribution in [0.2, 0.25) is 0 Å². The number of hydrogen-bond donors (Lipinski definition) is 1. The minimum atomic E-state index is -0.156. The number of nitrogens with two attached hydrogens (primary N) is 1. The highest BCUT2D eigenvalue weighted by Crippen LogP contribution is 2.43. The Balaban J connectivity index is 1.49. The number of fused-ring (bicyclic) bond motifs is 1. The first-order chi connectivity index (χ1) is 13.4. The van der Waals surface area contributed by atoms with Crippen molar-refractivity contribution in [1.82, 2.24) is 39.9 Å². The molecule has 2 N–H and O–H groups in total. The van der Waals surface area contributed by atoms with Gasteiger partial charge in [-0.25, -0.2) is 9.67 Å². The van der Waals surface area contributed by atoms with E-state index in [4.69, 9.17) is 5.73 Å². The minimum absolute atomic E-state index is 0.0189. The first-order valence-electron chi connectivity index (χ1n) is 8.99. The molecule has 12 heteroatoms. The molecule has 2 aromatic rings. The number of amides is 2. The summed E-state index contributed by atoms with van der Waals surface area (Å²) in [5.41, 5.74) is 7.68. The number of carbonyl (C=O) groups is 2. The molecule has 150 valence electrons. The molecule has 28 heavy (non-hydrogen) atoms. The summed E-state index contributed by atoms with van der Waals surface area (Å²) in [6.45, 7) is 3.26. The molecule has 0 aromatic carbocycles. The van der Waals surface area contributed by atoms with Gasteiger partial charge in [0.25, 0.3) is 5.91 Å². The predicted molar refractivity (Wildman–Crippen MR) is 101 cm³/mol. The standard InChI is InChI=1S/C16H23N9O2S/c1-22(2)7-16-8-23(13(26)5-25-15(17)19-20-21-25)3-11(16)4-24(9-16)14(27)12-6-28-10-18-12/h6,10-11H,3-5,7-9H2,1-2H3,(H2,17,19,21)/t11-,16+/m0/s1. The summed E-state index contributed by atoms with van der Waals surface area (Å²) in [5.74, 6) is 0.237. The summed E-state index contributed by atoms with van der Waals surface area (Å²) >= 11 is 1.42. The summed E-state index contributed by atoms with van der Waals surface area (Å²) in [6, 6.07) is 0. The van der Waals surface area contributed by atoms with Crippen LogP contribution in [0.15, 0.2) is 10.9 Å². The van der Waals surface area contributed by atoms with Crippen molar-refractivity contribution in [3.63, 3.8) is 0 Å². The van der Waals surface area contributed by atoms with Crippen LogP contribution in [-0.2, 0) is 11.3 Å². The fourth-order valence-electron chi connectivity index (χ4n) is 4.41. The number of aromatic nitrogens is 5. The zero-order valence-corrected chi connectivity index (χ0v) is 16.7. The summed E-state index contributed by atoms with van der Waals surface area (Å²) in [7, 11) is 4.03. The van der Waals surface area contributed by atoms with Crippen molar-refractivity contribution in [2.45, 2.75) is 6.54 Å². The lowest BCUT2D eigenvalue weighted by Crippen LogP contribution is -2.44.